The minimum atomic E-state index is -0.815. The second kappa shape index (κ2) is 52.5. The van der Waals surface area contributed by atoms with Gasteiger partial charge in [0.25, 0.3) is 0 Å². The molecule has 3 N–H and O–H groups in total. The highest BCUT2D eigenvalue weighted by Gasteiger charge is 2.24. The van der Waals surface area contributed by atoms with Crippen molar-refractivity contribution in [1.82, 2.24) is 5.32 Å². The maximum atomic E-state index is 13.2. The van der Waals surface area contributed by atoms with Crippen molar-refractivity contribution in [2.45, 2.75) is 251 Å². The van der Waals surface area contributed by atoms with Crippen molar-refractivity contribution in [2.75, 3.05) is 6.61 Å². The molecule has 0 aromatic carbocycles. The quantitative estimate of drug-likeness (QED) is 0.0245. The first-order valence-electron chi connectivity index (χ1n) is 27.2. The van der Waals surface area contributed by atoms with Crippen LogP contribution >= 0.6 is 0 Å². The van der Waals surface area contributed by atoms with Crippen molar-refractivity contribution in [3.05, 3.63) is 109 Å². The number of carbonyl (C=O) groups is 2. The fourth-order valence-electron chi connectivity index (χ4n) is 7.59. The van der Waals surface area contributed by atoms with Crippen LogP contribution in [0.25, 0.3) is 0 Å². The van der Waals surface area contributed by atoms with Gasteiger partial charge >= 0.3 is 5.97 Å². The van der Waals surface area contributed by atoms with E-state index in [1.807, 2.05) is 18.2 Å². The molecule has 0 heterocycles. The van der Waals surface area contributed by atoms with Crippen molar-refractivity contribution < 1.29 is 24.5 Å². The Labute approximate surface area is 407 Å². The summed E-state index contributed by atoms with van der Waals surface area (Å²) in [6, 6.07) is -0.734. The highest BCUT2D eigenvalue weighted by molar-refractivity contribution is 5.77. The van der Waals surface area contributed by atoms with Crippen LogP contribution in [0.4, 0.5) is 0 Å². The van der Waals surface area contributed by atoms with Crippen molar-refractivity contribution in [3.63, 3.8) is 0 Å². The molecule has 0 saturated carbocycles. The lowest BCUT2D eigenvalue weighted by molar-refractivity contribution is -0.151. The summed E-state index contributed by atoms with van der Waals surface area (Å²) >= 11 is 0. The molecule has 0 rings (SSSR count). The Morgan fingerprint density at radius 3 is 1.39 bits per heavy atom. The van der Waals surface area contributed by atoms with Crippen LogP contribution in [0, 0.1) is 0 Å². The number of esters is 1. The summed E-state index contributed by atoms with van der Waals surface area (Å²) < 4.78 is 5.90. The number of ether oxygens (including phenoxy) is 1. The van der Waals surface area contributed by atoms with Crippen LogP contribution in [-0.4, -0.2) is 46.9 Å². The number of allylic oxidation sites excluding steroid dienone is 18. The average molecular weight is 916 g/mol. The molecule has 0 aliphatic carbocycles. The Kier molecular flexibility index (Phi) is 49.7. The van der Waals surface area contributed by atoms with Gasteiger partial charge in [-0.25, -0.2) is 0 Å². The number of rotatable bonds is 47. The molecule has 6 nitrogen and oxygen atoms in total. The summed E-state index contributed by atoms with van der Waals surface area (Å²) in [5.74, 6) is -0.589. The SMILES string of the molecule is CC/C=C\C/C=C\C/C=C\C/C=C\C/C=C\CCCC(=O)OC(CCCCC/C=C/C=C/C=C/C=C/CCCCC)CC(=O)NC(CO)C(O)CCCCCCCCCCCCCCCC. The van der Waals surface area contributed by atoms with Gasteiger partial charge in [0.05, 0.1) is 25.2 Å². The minimum Gasteiger partial charge on any atom is -0.462 e. The molecular formula is C60H101NO5. The third-order valence-corrected chi connectivity index (χ3v) is 11.7. The summed E-state index contributed by atoms with van der Waals surface area (Å²) in [7, 11) is 0. The predicted molar refractivity (Wildman–Crippen MR) is 287 cm³/mol. The van der Waals surface area contributed by atoms with E-state index in [9.17, 15) is 19.8 Å². The number of unbranched alkanes of at least 4 members (excludes halogenated alkanes) is 20. The van der Waals surface area contributed by atoms with Gasteiger partial charge in [0, 0.05) is 6.42 Å². The molecule has 0 aromatic heterocycles. The Balaban J connectivity index is 4.78. The largest absolute Gasteiger partial charge is 0.462 e. The lowest BCUT2D eigenvalue weighted by atomic mass is 10.0. The normalized spacial score (nSPS) is 14.1. The van der Waals surface area contributed by atoms with Gasteiger partial charge in [0.15, 0.2) is 0 Å². The molecule has 0 aliphatic rings. The zero-order valence-electron chi connectivity index (χ0n) is 42.8. The van der Waals surface area contributed by atoms with Gasteiger partial charge in [-0.3, -0.25) is 9.59 Å². The zero-order valence-corrected chi connectivity index (χ0v) is 42.8. The number of nitrogens with one attached hydrogen (secondary N) is 1. The maximum Gasteiger partial charge on any atom is 0.306 e. The van der Waals surface area contributed by atoms with Crippen molar-refractivity contribution >= 4 is 11.9 Å². The first kappa shape index (κ1) is 62.5. The van der Waals surface area contributed by atoms with E-state index < -0.39 is 18.2 Å². The van der Waals surface area contributed by atoms with Crippen molar-refractivity contribution in [2.24, 2.45) is 0 Å². The van der Waals surface area contributed by atoms with E-state index in [4.69, 9.17) is 4.74 Å². The van der Waals surface area contributed by atoms with E-state index in [2.05, 4.69) is 117 Å². The zero-order chi connectivity index (χ0) is 48.1. The van der Waals surface area contributed by atoms with Crippen molar-refractivity contribution in [1.29, 1.82) is 0 Å². The number of amides is 1. The molecular weight excluding hydrogens is 815 g/mol. The van der Waals surface area contributed by atoms with Gasteiger partial charge in [0.2, 0.25) is 5.91 Å². The smallest absolute Gasteiger partial charge is 0.306 e. The highest BCUT2D eigenvalue weighted by Crippen LogP contribution is 2.17. The summed E-state index contributed by atoms with van der Waals surface area (Å²) in [6.07, 6.45) is 71.4. The van der Waals surface area contributed by atoms with E-state index in [1.54, 1.807) is 0 Å². The number of aliphatic hydroxyl groups excluding tert-OH is 2. The third kappa shape index (κ3) is 47.0. The molecule has 0 spiro atoms. The van der Waals surface area contributed by atoms with Crippen LogP contribution in [0.2, 0.25) is 0 Å². The second-order valence-electron chi connectivity index (χ2n) is 18.0. The summed E-state index contributed by atoms with van der Waals surface area (Å²) in [5.41, 5.74) is 0. The van der Waals surface area contributed by atoms with Crippen LogP contribution < -0.4 is 5.32 Å². The molecule has 0 aromatic rings. The van der Waals surface area contributed by atoms with Crippen LogP contribution in [0.15, 0.2) is 109 Å². The molecule has 3 unspecified atom stereocenters. The topological polar surface area (TPSA) is 95.9 Å². The average Bonchev–Trinajstić information content (AvgIpc) is 3.31. The van der Waals surface area contributed by atoms with Crippen molar-refractivity contribution in [3.8, 4) is 0 Å². The summed E-state index contributed by atoms with van der Waals surface area (Å²) in [5, 5.41) is 23.8. The lowest BCUT2D eigenvalue weighted by Crippen LogP contribution is -2.46. The highest BCUT2D eigenvalue weighted by atomic mass is 16.5. The molecule has 0 radical (unpaired) electrons. The van der Waals surface area contributed by atoms with Crippen LogP contribution in [0.3, 0.4) is 0 Å². The molecule has 0 fully saturated rings. The Bertz CT molecular complexity index is 1350. The Morgan fingerprint density at radius 1 is 0.470 bits per heavy atom. The van der Waals surface area contributed by atoms with Crippen LogP contribution in [0.1, 0.15) is 233 Å². The second-order valence-corrected chi connectivity index (χ2v) is 18.0. The van der Waals surface area contributed by atoms with E-state index in [0.29, 0.717) is 25.7 Å². The van der Waals surface area contributed by atoms with Crippen LogP contribution in [0.5, 0.6) is 0 Å². The first-order chi connectivity index (χ1) is 32.5. The predicted octanol–water partition coefficient (Wildman–Crippen LogP) is 16.7. The molecule has 376 valence electrons. The number of hydrogen-bond donors (Lipinski definition) is 3. The monoisotopic (exact) mass is 916 g/mol. The van der Waals surface area contributed by atoms with Gasteiger partial charge in [-0.05, 0) is 89.9 Å². The number of aliphatic hydroxyl groups is 2. The summed E-state index contributed by atoms with van der Waals surface area (Å²) in [6.45, 7) is 6.31. The maximum absolute atomic E-state index is 13.2. The number of hydrogen-bond acceptors (Lipinski definition) is 5. The molecule has 6 heteroatoms. The Hall–Kier alpha value is -3.48. The van der Waals surface area contributed by atoms with E-state index >= 15 is 0 Å². The first-order valence-corrected chi connectivity index (χ1v) is 27.2. The van der Waals surface area contributed by atoms with Crippen LogP contribution in [-0.2, 0) is 14.3 Å². The fourth-order valence-corrected chi connectivity index (χ4v) is 7.59. The van der Waals surface area contributed by atoms with Gasteiger partial charge in [-0.2, -0.15) is 0 Å². The molecule has 66 heavy (non-hydrogen) atoms. The molecule has 3 atom stereocenters. The van der Waals surface area contributed by atoms with Gasteiger partial charge < -0.3 is 20.3 Å². The Morgan fingerprint density at radius 2 is 0.879 bits per heavy atom. The molecule has 0 aliphatic heterocycles. The molecule has 0 bridgehead atoms. The standard InChI is InChI=1S/C60H101NO5/c1-4-7-10-13-16-19-22-25-28-30-32-35-38-41-44-47-50-53-60(65)66-56(51-48-45-42-39-36-33-31-29-26-23-20-17-14-11-8-5-2)54-59(64)61-57(55-62)58(63)52-49-46-43-40-37-34-27-24-21-18-15-12-9-6-3/h7,10,16-17,19-20,23,25-26,28-29,31-33,35-36,41,44,56-58,62-63H,4-6,8-9,11-15,18,21-22,24,27,30,34,37-40,42-43,45-55H2,1-3H3,(H,61,64)/b10-7-,19-16-,20-17+,26-23+,28-25-,31-29+,35-32-,36-33+,44-41-. The van der Waals surface area contributed by atoms with E-state index in [1.165, 1.54) is 89.9 Å². The van der Waals surface area contributed by atoms with Gasteiger partial charge in [-0.15, -0.1) is 0 Å². The van der Waals surface area contributed by atoms with Gasteiger partial charge in [-0.1, -0.05) is 239 Å². The third-order valence-electron chi connectivity index (χ3n) is 11.7. The summed E-state index contributed by atoms with van der Waals surface area (Å²) in [4.78, 5) is 26.2. The lowest BCUT2D eigenvalue weighted by Gasteiger charge is -2.24. The fraction of sp³-hybridized carbons (Fsp3) is 0.667. The minimum absolute atomic E-state index is 0.0226. The molecule has 0 saturated heterocycles. The van der Waals surface area contributed by atoms with Gasteiger partial charge in [0.1, 0.15) is 6.10 Å². The van der Waals surface area contributed by atoms with E-state index in [0.717, 1.165) is 89.9 Å². The molecule has 1 amide bonds. The van der Waals surface area contributed by atoms with E-state index in [-0.39, 0.29) is 24.9 Å². The number of carbonyl (C=O) groups excluding carboxylic acids is 2.